The van der Waals surface area contributed by atoms with Crippen LogP contribution in [0.5, 0.6) is 23.0 Å². The van der Waals surface area contributed by atoms with E-state index in [-0.39, 0.29) is 40.1 Å². The molecule has 8 aromatic rings. The van der Waals surface area contributed by atoms with Gasteiger partial charge in [0.15, 0.2) is 11.5 Å². The molecule has 0 aromatic heterocycles. The number of nitro benzene ring substituents is 1. The Morgan fingerprint density at radius 3 is 1.62 bits per heavy atom. The summed E-state index contributed by atoms with van der Waals surface area (Å²) >= 11 is 0. The lowest BCUT2D eigenvalue weighted by Crippen LogP contribution is -2.03. The van der Waals surface area contributed by atoms with Crippen LogP contribution in [0, 0.1) is 17.0 Å². The Labute approximate surface area is 482 Å². The Morgan fingerprint density at radius 2 is 1.02 bits per heavy atom. The first-order valence-corrected chi connectivity index (χ1v) is 31.7. The predicted octanol–water partition coefficient (Wildman–Crippen LogP) is 9.99. The second kappa shape index (κ2) is 22.7. The van der Waals surface area contributed by atoms with Crippen molar-refractivity contribution >= 4 is 150 Å². The highest BCUT2D eigenvalue weighted by molar-refractivity contribution is 7.87. The van der Waals surface area contributed by atoms with Gasteiger partial charge in [0, 0.05) is 40.4 Å². The number of nitrogens with zero attached hydrogens (tertiary/aromatic N) is 9. The number of nitrogens with two attached hydrogens (primary N) is 1. The summed E-state index contributed by atoms with van der Waals surface area (Å²) in [5.74, 6) is -3.25. The number of nitro groups is 1. The number of aromatic hydroxyl groups is 3. The Balaban J connectivity index is 1.22. The molecule has 0 aliphatic rings. The van der Waals surface area contributed by atoms with Crippen molar-refractivity contribution in [2.75, 3.05) is 12.3 Å². The zero-order valence-corrected chi connectivity index (χ0v) is 47.7. The van der Waals surface area contributed by atoms with E-state index in [2.05, 4.69) is 40.9 Å². The number of ether oxygens (including phenoxy) is 1. The van der Waals surface area contributed by atoms with E-state index in [9.17, 15) is 103 Å². The molecule has 40 heteroatoms. The molecule has 0 radical (unpaired) electrons. The molecule has 86 heavy (non-hydrogen) atoms. The van der Waals surface area contributed by atoms with Gasteiger partial charge in [0.1, 0.15) is 65.2 Å². The average Bonchev–Trinajstić information content (AvgIpc) is 0.846. The van der Waals surface area contributed by atoms with E-state index in [1.54, 1.807) is 6.92 Å². The van der Waals surface area contributed by atoms with Gasteiger partial charge < -0.3 is 25.8 Å². The molecule has 0 heterocycles. The first kappa shape index (κ1) is 62.8. The largest absolute Gasteiger partial charge is 0.507 e. The standard InChI is InChI=1S/C46H36N10O24S6/c1-3-10-80-36-18-31(51-53-33-15-23(81(62,63)64)12-21-13-24(82(65,66)67)16-35(57)40(21)33)20(2)11-32(36)52-55-43-39(85(74,75)76)17-27-25(44(43)58)5-9-30(46(27)86(77,78)79)50-54-34-19-37(83(68,69)70)26-6-8-29(45(59)41(26)42(34)47)49-48-28-7-4-22(56(60)61)14-38(28)84(71,72)73/h4-9,11-19,57-59H,3,10,47H2,1-2H3,(H,62,63,64)(H,65,66,67)(H,68,69,70)(H,71,72,73)(H,74,75,76)(H,77,78,79). The number of aryl methyl sites for hydroxylation is 1. The van der Waals surface area contributed by atoms with E-state index in [1.165, 1.54) is 19.1 Å². The van der Waals surface area contributed by atoms with Gasteiger partial charge in [-0.05, 0) is 85.0 Å². The number of phenolic OH excluding ortho intramolecular Hbond substituents is 3. The summed E-state index contributed by atoms with van der Waals surface area (Å²) < 4.78 is 216. The zero-order chi connectivity index (χ0) is 63.6. The summed E-state index contributed by atoms with van der Waals surface area (Å²) in [6.45, 7) is 3.08. The molecule has 0 bridgehead atoms. The average molecular weight is 1310 g/mol. The summed E-state index contributed by atoms with van der Waals surface area (Å²) in [6, 6.07) is 11.9. The van der Waals surface area contributed by atoms with Gasteiger partial charge in [0.2, 0.25) is 0 Å². The van der Waals surface area contributed by atoms with Crippen LogP contribution in [0.2, 0.25) is 0 Å². The fourth-order valence-electron chi connectivity index (χ4n) is 8.17. The third kappa shape index (κ3) is 12.9. The van der Waals surface area contributed by atoms with Crippen LogP contribution in [-0.4, -0.2) is 105 Å². The normalized spacial score (nSPS) is 13.2. The number of rotatable bonds is 18. The van der Waals surface area contributed by atoms with Crippen molar-refractivity contribution in [2.45, 2.75) is 49.6 Å². The van der Waals surface area contributed by atoms with Gasteiger partial charge in [-0.15, -0.1) is 35.8 Å². The number of hydrogen-bond donors (Lipinski definition) is 10. The third-order valence-corrected chi connectivity index (χ3v) is 17.2. The van der Waals surface area contributed by atoms with Gasteiger partial charge in [-0.25, -0.2) is 0 Å². The Morgan fingerprint density at radius 1 is 0.488 bits per heavy atom. The minimum Gasteiger partial charge on any atom is -0.507 e. The second-order valence-electron chi connectivity index (χ2n) is 17.7. The van der Waals surface area contributed by atoms with Crippen molar-refractivity contribution in [3.8, 4) is 23.0 Å². The van der Waals surface area contributed by atoms with Gasteiger partial charge in [0.25, 0.3) is 66.4 Å². The molecule has 8 aromatic carbocycles. The highest BCUT2D eigenvalue weighted by atomic mass is 32.2. The van der Waals surface area contributed by atoms with Crippen molar-refractivity contribution in [1.82, 2.24) is 0 Å². The zero-order valence-electron chi connectivity index (χ0n) is 42.8. The predicted molar refractivity (Wildman–Crippen MR) is 297 cm³/mol. The lowest BCUT2D eigenvalue weighted by Gasteiger charge is -2.14. The third-order valence-electron chi connectivity index (χ3n) is 12.0. The number of phenols is 3. The van der Waals surface area contributed by atoms with E-state index < -0.39 is 179 Å². The van der Waals surface area contributed by atoms with Gasteiger partial charge in [-0.2, -0.15) is 55.6 Å². The fraction of sp³-hybridized carbons (Fsp3) is 0.0870. The van der Waals surface area contributed by atoms with Crippen molar-refractivity contribution < 1.29 is 103 Å². The molecular formula is C46H36N10O24S6. The molecular weight excluding hydrogens is 1270 g/mol. The van der Waals surface area contributed by atoms with Crippen LogP contribution in [0.4, 0.5) is 56.9 Å². The van der Waals surface area contributed by atoms with Gasteiger partial charge in [-0.3, -0.25) is 37.4 Å². The van der Waals surface area contributed by atoms with Crippen LogP contribution in [0.25, 0.3) is 32.3 Å². The minimum absolute atomic E-state index is 0.0352. The van der Waals surface area contributed by atoms with Crippen LogP contribution < -0.4 is 10.5 Å². The van der Waals surface area contributed by atoms with E-state index in [0.717, 1.165) is 54.6 Å². The van der Waals surface area contributed by atoms with Gasteiger partial charge in [-0.1, -0.05) is 13.0 Å². The smallest absolute Gasteiger partial charge is 0.297 e. The fourth-order valence-corrected chi connectivity index (χ4v) is 12.1. The van der Waals surface area contributed by atoms with Crippen LogP contribution in [0.15, 0.2) is 161 Å². The van der Waals surface area contributed by atoms with Gasteiger partial charge in [0.05, 0.1) is 49.2 Å². The monoisotopic (exact) mass is 1300 g/mol. The summed E-state index contributed by atoms with van der Waals surface area (Å²) in [7, 11) is -31.7. The SMILES string of the molecule is CCCOc1cc(N=Nc2cc(S(=O)(=O)O)cc3cc(S(=O)(=O)O)cc(O)c23)c(C)cc1N=Nc1c(S(=O)(=O)O)cc2c(S(=O)(=O)O)c(N=Nc3cc(S(=O)(=O)O)c4ccc(N=Nc5ccc([N+](=O)[O-])cc5S(=O)(=O)O)c(O)c4c3N)ccc2c1O. The van der Waals surface area contributed by atoms with Crippen LogP contribution in [0.3, 0.4) is 0 Å². The molecule has 450 valence electrons. The van der Waals surface area contributed by atoms with Crippen molar-refractivity contribution in [3.05, 3.63) is 107 Å². The first-order chi connectivity index (χ1) is 39.8. The number of fused-ring (bicyclic) bond motifs is 3. The minimum atomic E-state index is -5.65. The van der Waals surface area contributed by atoms with E-state index in [0.29, 0.717) is 30.7 Å². The molecule has 11 N–H and O–H groups in total. The molecule has 0 unspecified atom stereocenters. The molecule has 0 aliphatic heterocycles. The molecule has 34 nitrogen and oxygen atoms in total. The highest BCUT2D eigenvalue weighted by Gasteiger charge is 2.30. The summed E-state index contributed by atoms with van der Waals surface area (Å²) in [5, 5.41) is 72.5. The van der Waals surface area contributed by atoms with Gasteiger partial charge >= 0.3 is 0 Å². The van der Waals surface area contributed by atoms with Crippen molar-refractivity contribution in [1.29, 1.82) is 0 Å². The summed E-state index contributed by atoms with van der Waals surface area (Å²) in [4.78, 5) is 3.79. The van der Waals surface area contributed by atoms with Crippen molar-refractivity contribution in [3.63, 3.8) is 0 Å². The number of anilines is 1. The Bertz CT molecular complexity index is 5140. The van der Waals surface area contributed by atoms with Crippen molar-refractivity contribution in [2.24, 2.45) is 40.9 Å². The maximum absolute atomic E-state index is 13.2. The van der Waals surface area contributed by atoms with E-state index in [1.807, 2.05) is 0 Å². The van der Waals surface area contributed by atoms with Crippen LogP contribution in [-0.2, 0) is 60.7 Å². The van der Waals surface area contributed by atoms with E-state index in [4.69, 9.17) is 10.5 Å². The maximum atomic E-state index is 13.2. The first-order valence-electron chi connectivity index (χ1n) is 23.1. The maximum Gasteiger partial charge on any atom is 0.297 e. The molecule has 0 spiro atoms. The Hall–Kier alpha value is -9.20. The lowest BCUT2D eigenvalue weighted by molar-refractivity contribution is -0.385. The number of nitrogen functional groups attached to an aromatic ring is 1. The lowest BCUT2D eigenvalue weighted by atomic mass is 10.1. The second-order valence-corrected chi connectivity index (χ2v) is 26.1. The number of azo groups is 4. The van der Waals surface area contributed by atoms with Crippen LogP contribution >= 0.6 is 0 Å². The topological polar surface area (TPSA) is 564 Å². The molecule has 0 amide bonds. The molecule has 0 saturated carbocycles. The molecule has 0 fully saturated rings. The highest BCUT2D eigenvalue weighted by Crippen LogP contribution is 2.49. The number of hydrogen-bond acceptors (Lipinski definition) is 27. The van der Waals surface area contributed by atoms with Crippen LogP contribution in [0.1, 0.15) is 18.9 Å². The molecule has 0 aliphatic carbocycles. The number of non-ortho nitro benzene ring substituents is 1. The molecule has 0 saturated heterocycles. The molecule has 8 rings (SSSR count). The summed E-state index contributed by atoms with van der Waals surface area (Å²) in [6.07, 6.45) is 0.358. The number of benzene rings is 8. The summed E-state index contributed by atoms with van der Waals surface area (Å²) in [5.41, 5.74) is 0.155. The molecule has 0 atom stereocenters. The quantitative estimate of drug-likeness (QED) is 0.0125. The Kier molecular flexibility index (Phi) is 16.6. The van der Waals surface area contributed by atoms with E-state index >= 15 is 0 Å².